The lowest BCUT2D eigenvalue weighted by atomic mass is 10.1. The summed E-state index contributed by atoms with van der Waals surface area (Å²) in [5.41, 5.74) is 0. The minimum Gasteiger partial charge on any atom is -0.469 e. The summed E-state index contributed by atoms with van der Waals surface area (Å²) in [5.74, 6) is -0.158. The van der Waals surface area contributed by atoms with Crippen LogP contribution in [0, 0.1) is 5.92 Å². The summed E-state index contributed by atoms with van der Waals surface area (Å²) in [4.78, 5) is 12.7. The van der Waals surface area contributed by atoms with Crippen LogP contribution < -0.4 is 5.32 Å². The van der Waals surface area contributed by atoms with Crippen LogP contribution in [0.4, 0.5) is 0 Å². The third-order valence-electron chi connectivity index (χ3n) is 2.59. The number of hydrogen-bond donors (Lipinski definition) is 1. The number of carbonyl (C=O) groups is 1. The number of nitrogens with one attached hydrogen (secondary N) is 1. The highest BCUT2D eigenvalue weighted by molar-refractivity contribution is 9.10. The van der Waals surface area contributed by atoms with Crippen molar-refractivity contribution >= 4 is 33.2 Å². The number of rotatable bonds is 7. The number of ether oxygens (including phenoxy) is 1. The van der Waals surface area contributed by atoms with Gasteiger partial charge in [0.25, 0.3) is 0 Å². The molecule has 17 heavy (non-hydrogen) atoms. The summed E-state index contributed by atoms with van der Waals surface area (Å²) in [7, 11) is 1.44. The number of halogens is 1. The summed E-state index contributed by atoms with van der Waals surface area (Å²) < 4.78 is 5.88. The molecule has 0 aliphatic heterocycles. The Morgan fingerprint density at radius 2 is 2.41 bits per heavy atom. The van der Waals surface area contributed by atoms with Gasteiger partial charge in [-0.2, -0.15) is 0 Å². The average molecular weight is 320 g/mol. The maximum absolute atomic E-state index is 11.3. The zero-order chi connectivity index (χ0) is 12.7. The zero-order valence-electron chi connectivity index (χ0n) is 10.2. The molecule has 5 heteroatoms. The molecular weight excluding hydrogens is 302 g/mol. The van der Waals surface area contributed by atoms with E-state index in [1.165, 1.54) is 12.0 Å². The Balaban J connectivity index is 2.21. The molecule has 0 aliphatic carbocycles. The molecule has 0 bridgehead atoms. The van der Waals surface area contributed by atoms with Crippen LogP contribution in [0.15, 0.2) is 15.9 Å². The third-order valence-corrected chi connectivity index (χ3v) is 4.35. The van der Waals surface area contributed by atoms with Gasteiger partial charge in [-0.3, -0.25) is 4.79 Å². The molecule has 1 unspecified atom stereocenters. The zero-order valence-corrected chi connectivity index (χ0v) is 12.6. The summed E-state index contributed by atoms with van der Waals surface area (Å²) in [6, 6.07) is 2.13. The molecule has 3 nitrogen and oxygen atoms in total. The molecule has 1 N–H and O–H groups in total. The van der Waals surface area contributed by atoms with E-state index in [4.69, 9.17) is 4.74 Å². The first-order valence-corrected chi connectivity index (χ1v) is 7.36. The summed E-state index contributed by atoms with van der Waals surface area (Å²) in [6.07, 6.45) is 1.80. The molecule has 0 saturated carbocycles. The number of carbonyl (C=O) groups excluding carboxylic acids is 1. The first-order chi connectivity index (χ1) is 8.17. The molecule has 0 radical (unpaired) electrons. The Kier molecular flexibility index (Phi) is 6.77. The molecule has 1 heterocycles. The van der Waals surface area contributed by atoms with E-state index in [-0.39, 0.29) is 11.9 Å². The molecule has 1 aromatic rings. The highest BCUT2D eigenvalue weighted by atomic mass is 79.9. The van der Waals surface area contributed by atoms with Crippen molar-refractivity contribution in [2.75, 3.05) is 20.2 Å². The molecule has 0 saturated heterocycles. The van der Waals surface area contributed by atoms with Crippen LogP contribution in [0.3, 0.4) is 0 Å². The second-order valence-electron chi connectivity index (χ2n) is 3.81. The molecule has 1 aromatic heterocycles. The van der Waals surface area contributed by atoms with Crippen LogP contribution >= 0.6 is 27.3 Å². The van der Waals surface area contributed by atoms with Crippen LogP contribution in [-0.4, -0.2) is 26.2 Å². The van der Waals surface area contributed by atoms with Crippen LogP contribution in [0.2, 0.25) is 0 Å². The lowest BCUT2D eigenvalue weighted by Crippen LogP contribution is -2.30. The highest BCUT2D eigenvalue weighted by Crippen LogP contribution is 2.19. The number of methoxy groups -OCH3 is 1. The van der Waals surface area contributed by atoms with E-state index in [9.17, 15) is 4.79 Å². The first-order valence-electron chi connectivity index (χ1n) is 5.68. The summed E-state index contributed by atoms with van der Waals surface area (Å²) in [5, 5.41) is 5.38. The molecule has 0 aromatic carbocycles. The van der Waals surface area contributed by atoms with Crippen molar-refractivity contribution in [2.45, 2.75) is 19.8 Å². The van der Waals surface area contributed by atoms with Crippen molar-refractivity contribution in [1.82, 2.24) is 5.32 Å². The predicted octanol–water partition coefficient (Wildman–Crippen LogP) is 2.84. The quantitative estimate of drug-likeness (QED) is 0.620. The summed E-state index contributed by atoms with van der Waals surface area (Å²) in [6.45, 7) is 3.58. The van der Waals surface area contributed by atoms with Gasteiger partial charge in [0, 0.05) is 21.3 Å². The Morgan fingerprint density at radius 3 is 2.94 bits per heavy atom. The van der Waals surface area contributed by atoms with Crippen LogP contribution in [0.5, 0.6) is 0 Å². The Morgan fingerprint density at radius 1 is 1.65 bits per heavy atom. The van der Waals surface area contributed by atoms with E-state index in [0.717, 1.165) is 23.9 Å². The molecule has 1 atom stereocenters. The second kappa shape index (κ2) is 7.84. The molecule has 0 amide bonds. The highest BCUT2D eigenvalue weighted by Gasteiger charge is 2.15. The van der Waals surface area contributed by atoms with Gasteiger partial charge in [0.1, 0.15) is 0 Å². The van der Waals surface area contributed by atoms with Crippen molar-refractivity contribution in [3.8, 4) is 0 Å². The molecule has 0 spiro atoms. The van der Waals surface area contributed by atoms with Gasteiger partial charge in [-0.05, 0) is 41.4 Å². The average Bonchev–Trinajstić information content (AvgIpc) is 2.74. The van der Waals surface area contributed by atoms with Crippen LogP contribution in [0.1, 0.15) is 18.2 Å². The van der Waals surface area contributed by atoms with E-state index >= 15 is 0 Å². The molecule has 0 aliphatic rings. The standard InChI is InChI=1S/C12H18BrNO2S/c1-3-9(12(15)16-2)7-14-5-4-11-6-10(13)8-17-11/h6,8-9,14H,3-5,7H2,1-2H3. The van der Waals surface area contributed by atoms with E-state index in [2.05, 4.69) is 32.7 Å². The van der Waals surface area contributed by atoms with Gasteiger partial charge in [0.05, 0.1) is 13.0 Å². The van der Waals surface area contributed by atoms with Gasteiger partial charge >= 0.3 is 5.97 Å². The van der Waals surface area contributed by atoms with Crippen molar-refractivity contribution < 1.29 is 9.53 Å². The molecule has 1 rings (SSSR count). The maximum Gasteiger partial charge on any atom is 0.309 e. The van der Waals surface area contributed by atoms with E-state index < -0.39 is 0 Å². The van der Waals surface area contributed by atoms with Gasteiger partial charge in [-0.1, -0.05) is 6.92 Å². The Bertz CT molecular complexity index is 354. The first kappa shape index (κ1) is 14.7. The smallest absolute Gasteiger partial charge is 0.309 e. The maximum atomic E-state index is 11.3. The molecule has 96 valence electrons. The SMILES string of the molecule is CCC(CNCCc1cc(Br)cs1)C(=O)OC. The lowest BCUT2D eigenvalue weighted by Gasteiger charge is -2.12. The minimum absolute atomic E-state index is 0.0323. The third kappa shape index (κ3) is 5.19. The van der Waals surface area contributed by atoms with Gasteiger partial charge in [0.15, 0.2) is 0 Å². The number of hydrogen-bond acceptors (Lipinski definition) is 4. The van der Waals surface area contributed by atoms with E-state index in [1.807, 2.05) is 6.92 Å². The fourth-order valence-corrected chi connectivity index (χ4v) is 2.99. The minimum atomic E-state index is -0.126. The molecule has 0 fully saturated rings. The predicted molar refractivity (Wildman–Crippen MR) is 74.4 cm³/mol. The van der Waals surface area contributed by atoms with Gasteiger partial charge < -0.3 is 10.1 Å². The fourth-order valence-electron chi connectivity index (χ4n) is 1.53. The van der Waals surface area contributed by atoms with Crippen molar-refractivity contribution in [3.63, 3.8) is 0 Å². The fraction of sp³-hybridized carbons (Fsp3) is 0.583. The van der Waals surface area contributed by atoms with Gasteiger partial charge in [0.2, 0.25) is 0 Å². The number of thiophene rings is 1. The topological polar surface area (TPSA) is 38.3 Å². The molecular formula is C12H18BrNO2S. The lowest BCUT2D eigenvalue weighted by molar-refractivity contribution is -0.145. The largest absolute Gasteiger partial charge is 0.469 e. The van der Waals surface area contributed by atoms with Gasteiger partial charge in [-0.25, -0.2) is 0 Å². The normalized spacial score (nSPS) is 12.4. The Labute approximate surface area is 115 Å². The van der Waals surface area contributed by atoms with Crippen LogP contribution in [-0.2, 0) is 16.0 Å². The number of esters is 1. The van der Waals surface area contributed by atoms with Crippen LogP contribution in [0.25, 0.3) is 0 Å². The summed E-state index contributed by atoms with van der Waals surface area (Å²) >= 11 is 5.18. The van der Waals surface area contributed by atoms with E-state index in [1.54, 1.807) is 11.3 Å². The second-order valence-corrected chi connectivity index (χ2v) is 5.73. The van der Waals surface area contributed by atoms with Crippen molar-refractivity contribution in [2.24, 2.45) is 5.92 Å². The van der Waals surface area contributed by atoms with Crippen molar-refractivity contribution in [1.29, 1.82) is 0 Å². The Hall–Kier alpha value is -0.390. The van der Waals surface area contributed by atoms with Crippen molar-refractivity contribution in [3.05, 3.63) is 20.8 Å². The van der Waals surface area contributed by atoms with E-state index in [0.29, 0.717) is 6.54 Å². The van der Waals surface area contributed by atoms with Gasteiger partial charge in [-0.15, -0.1) is 11.3 Å². The monoisotopic (exact) mass is 319 g/mol.